The molecule has 9 heteroatoms. The van der Waals surface area contributed by atoms with Gasteiger partial charge in [0.15, 0.2) is 0 Å². The Morgan fingerprint density at radius 3 is 2.76 bits per heavy atom. The second-order valence-electron chi connectivity index (χ2n) is 4.59. The molecule has 7 nitrogen and oxygen atoms in total. The van der Waals surface area contributed by atoms with E-state index in [1.54, 1.807) is 16.7 Å². The fourth-order valence-corrected chi connectivity index (χ4v) is 3.77. The molecule has 1 aromatic rings. The number of hydrogen-bond donors (Lipinski definition) is 1. The van der Waals surface area contributed by atoms with Gasteiger partial charge in [-0.25, -0.2) is 4.68 Å². The van der Waals surface area contributed by atoms with Crippen molar-refractivity contribution in [2.75, 3.05) is 37.9 Å². The Labute approximate surface area is 132 Å². The molecular formula is C12H21N5O2S2. The normalized spacial score (nSPS) is 18.1. The zero-order chi connectivity index (χ0) is 15.2. The van der Waals surface area contributed by atoms with Crippen LogP contribution in [0.25, 0.3) is 0 Å². The summed E-state index contributed by atoms with van der Waals surface area (Å²) in [7, 11) is 0. The molecule has 0 saturated carbocycles. The van der Waals surface area contributed by atoms with Crippen LogP contribution >= 0.6 is 23.5 Å². The molecule has 0 aliphatic carbocycles. The summed E-state index contributed by atoms with van der Waals surface area (Å²) in [6.45, 7) is 6.88. The number of nitrogen functional groups attached to an aromatic ring is 1. The van der Waals surface area contributed by atoms with E-state index in [0.29, 0.717) is 34.4 Å². The minimum atomic E-state index is 0.0893. The molecule has 21 heavy (non-hydrogen) atoms. The number of carbonyl (C=O) groups excluding carboxylic acids is 1. The summed E-state index contributed by atoms with van der Waals surface area (Å²) >= 11 is 2.90. The molecule has 1 amide bonds. The minimum absolute atomic E-state index is 0.0893. The zero-order valence-electron chi connectivity index (χ0n) is 12.3. The standard InChI is InChI=1S/C12H21N5O2S2/c1-3-16(4-2)10(18)8-20-11-14-15-12(17(11)13)21-9-5-6-19-7-9/h9H,3-8,13H2,1-2H3. The molecule has 1 fully saturated rings. The summed E-state index contributed by atoms with van der Waals surface area (Å²) in [6.07, 6.45) is 1.00. The van der Waals surface area contributed by atoms with Crippen molar-refractivity contribution in [3.05, 3.63) is 0 Å². The smallest absolute Gasteiger partial charge is 0.233 e. The van der Waals surface area contributed by atoms with Gasteiger partial charge in [0.05, 0.1) is 12.4 Å². The Hall–Kier alpha value is -0.930. The molecule has 0 aromatic carbocycles. The van der Waals surface area contributed by atoms with Crippen LogP contribution in [0.5, 0.6) is 0 Å². The van der Waals surface area contributed by atoms with E-state index < -0.39 is 0 Å². The highest BCUT2D eigenvalue weighted by Gasteiger charge is 2.21. The molecule has 2 rings (SSSR count). The molecule has 0 spiro atoms. The predicted octanol–water partition coefficient (Wildman–Crippen LogP) is 0.833. The molecule has 0 bridgehead atoms. The van der Waals surface area contributed by atoms with E-state index in [1.165, 1.54) is 16.4 Å². The Balaban J connectivity index is 1.89. The van der Waals surface area contributed by atoms with Gasteiger partial charge in [-0.15, -0.1) is 10.2 Å². The van der Waals surface area contributed by atoms with Crippen LogP contribution < -0.4 is 5.84 Å². The second kappa shape index (κ2) is 7.90. The molecule has 1 unspecified atom stereocenters. The third kappa shape index (κ3) is 4.27. The predicted molar refractivity (Wildman–Crippen MR) is 83.9 cm³/mol. The summed E-state index contributed by atoms with van der Waals surface area (Å²) in [5, 5.41) is 9.77. The first kappa shape index (κ1) is 16.4. The lowest BCUT2D eigenvalue weighted by atomic mass is 10.4. The lowest BCUT2D eigenvalue weighted by Gasteiger charge is -2.17. The SMILES string of the molecule is CCN(CC)C(=O)CSc1nnc(SC2CCOC2)n1N. The van der Waals surface area contributed by atoms with Crippen molar-refractivity contribution in [2.45, 2.75) is 35.8 Å². The number of amides is 1. The van der Waals surface area contributed by atoms with Crippen LogP contribution in [0.1, 0.15) is 20.3 Å². The maximum absolute atomic E-state index is 12.0. The van der Waals surface area contributed by atoms with Gasteiger partial charge in [0, 0.05) is 24.9 Å². The van der Waals surface area contributed by atoms with Crippen molar-refractivity contribution in [3.8, 4) is 0 Å². The second-order valence-corrected chi connectivity index (χ2v) is 6.80. The molecule has 1 atom stereocenters. The fraction of sp³-hybridized carbons (Fsp3) is 0.750. The van der Waals surface area contributed by atoms with E-state index in [9.17, 15) is 4.79 Å². The Bertz CT molecular complexity index is 472. The van der Waals surface area contributed by atoms with Crippen molar-refractivity contribution in [1.82, 2.24) is 19.8 Å². The first-order valence-corrected chi connectivity index (χ1v) is 8.87. The van der Waals surface area contributed by atoms with Crippen LogP contribution in [0.15, 0.2) is 10.3 Å². The molecular weight excluding hydrogens is 310 g/mol. The zero-order valence-corrected chi connectivity index (χ0v) is 14.0. The van der Waals surface area contributed by atoms with E-state index in [2.05, 4.69) is 10.2 Å². The van der Waals surface area contributed by atoms with Gasteiger partial charge in [0.2, 0.25) is 16.2 Å². The van der Waals surface area contributed by atoms with Crippen molar-refractivity contribution < 1.29 is 9.53 Å². The average molecular weight is 331 g/mol. The average Bonchev–Trinajstić information content (AvgIpc) is 3.10. The third-order valence-electron chi connectivity index (χ3n) is 3.23. The Morgan fingerprint density at radius 1 is 1.43 bits per heavy atom. The quantitative estimate of drug-likeness (QED) is 0.585. The summed E-state index contributed by atoms with van der Waals surface area (Å²) in [5.74, 6) is 6.41. The van der Waals surface area contributed by atoms with Gasteiger partial charge in [-0.2, -0.15) is 0 Å². The highest BCUT2D eigenvalue weighted by atomic mass is 32.2. The van der Waals surface area contributed by atoms with Crippen LogP contribution in [-0.4, -0.2) is 63.0 Å². The molecule has 118 valence electrons. The van der Waals surface area contributed by atoms with Crippen LogP contribution in [0.3, 0.4) is 0 Å². The van der Waals surface area contributed by atoms with E-state index in [0.717, 1.165) is 19.6 Å². The molecule has 0 radical (unpaired) electrons. The van der Waals surface area contributed by atoms with Gasteiger partial charge >= 0.3 is 0 Å². The van der Waals surface area contributed by atoms with Crippen molar-refractivity contribution in [1.29, 1.82) is 0 Å². The number of aromatic nitrogens is 3. The molecule has 2 heterocycles. The van der Waals surface area contributed by atoms with Gasteiger partial charge in [-0.1, -0.05) is 23.5 Å². The number of hydrogen-bond acceptors (Lipinski definition) is 7. The number of rotatable bonds is 7. The topological polar surface area (TPSA) is 86.3 Å². The Kier molecular flexibility index (Phi) is 6.19. The van der Waals surface area contributed by atoms with E-state index >= 15 is 0 Å². The summed E-state index contributed by atoms with van der Waals surface area (Å²) < 4.78 is 6.79. The molecule has 2 N–H and O–H groups in total. The number of carbonyl (C=O) groups is 1. The minimum Gasteiger partial charge on any atom is -0.380 e. The number of ether oxygens (including phenoxy) is 1. The van der Waals surface area contributed by atoms with Crippen LogP contribution in [0, 0.1) is 0 Å². The largest absolute Gasteiger partial charge is 0.380 e. The molecule has 1 aliphatic heterocycles. The van der Waals surface area contributed by atoms with E-state index in [1.807, 2.05) is 13.8 Å². The highest BCUT2D eigenvalue weighted by molar-refractivity contribution is 8.00. The van der Waals surface area contributed by atoms with Gasteiger partial charge < -0.3 is 15.5 Å². The first-order chi connectivity index (χ1) is 10.2. The Morgan fingerprint density at radius 2 is 2.14 bits per heavy atom. The van der Waals surface area contributed by atoms with Crippen LogP contribution in [-0.2, 0) is 9.53 Å². The number of nitrogens with two attached hydrogens (primary N) is 1. The lowest BCUT2D eigenvalue weighted by Crippen LogP contribution is -2.32. The van der Waals surface area contributed by atoms with E-state index in [4.69, 9.17) is 10.6 Å². The first-order valence-electron chi connectivity index (χ1n) is 7.01. The van der Waals surface area contributed by atoms with Gasteiger partial charge in [-0.05, 0) is 20.3 Å². The van der Waals surface area contributed by atoms with Gasteiger partial charge in [0.1, 0.15) is 0 Å². The number of nitrogens with zero attached hydrogens (tertiary/aromatic N) is 4. The van der Waals surface area contributed by atoms with Crippen molar-refractivity contribution in [2.24, 2.45) is 0 Å². The fourth-order valence-electron chi connectivity index (χ4n) is 1.99. The van der Waals surface area contributed by atoms with Crippen LogP contribution in [0.4, 0.5) is 0 Å². The van der Waals surface area contributed by atoms with Crippen LogP contribution in [0.2, 0.25) is 0 Å². The van der Waals surface area contributed by atoms with Crippen molar-refractivity contribution >= 4 is 29.4 Å². The molecule has 1 saturated heterocycles. The maximum atomic E-state index is 12.0. The summed E-state index contributed by atoms with van der Waals surface area (Å²) in [6, 6.07) is 0. The van der Waals surface area contributed by atoms with Crippen molar-refractivity contribution in [3.63, 3.8) is 0 Å². The van der Waals surface area contributed by atoms with Gasteiger partial charge in [-0.3, -0.25) is 4.79 Å². The summed E-state index contributed by atoms with van der Waals surface area (Å²) in [5.41, 5.74) is 0. The molecule has 1 aromatic heterocycles. The third-order valence-corrected chi connectivity index (χ3v) is 5.36. The van der Waals surface area contributed by atoms with Gasteiger partial charge in [0.25, 0.3) is 0 Å². The number of thioether (sulfide) groups is 2. The lowest BCUT2D eigenvalue weighted by molar-refractivity contribution is -0.127. The maximum Gasteiger partial charge on any atom is 0.233 e. The molecule has 1 aliphatic rings. The van der Waals surface area contributed by atoms with E-state index in [-0.39, 0.29) is 5.91 Å². The highest BCUT2D eigenvalue weighted by Crippen LogP contribution is 2.28. The summed E-state index contributed by atoms with van der Waals surface area (Å²) in [4.78, 5) is 13.7. The monoisotopic (exact) mass is 331 g/mol.